The number of anilines is 3. The van der Waals surface area contributed by atoms with Crippen molar-refractivity contribution >= 4 is 46.8 Å². The molecule has 1 heterocycles. The summed E-state index contributed by atoms with van der Waals surface area (Å²) in [6, 6.07) is 12.5. The van der Waals surface area contributed by atoms with Crippen molar-refractivity contribution in [3.8, 4) is 0 Å². The Morgan fingerprint density at radius 1 is 1.00 bits per heavy atom. The highest BCUT2D eigenvalue weighted by Gasteiger charge is 2.14. The van der Waals surface area contributed by atoms with Crippen LogP contribution in [-0.2, 0) is 0 Å². The van der Waals surface area contributed by atoms with Crippen LogP contribution in [0.4, 0.5) is 17.1 Å². The highest BCUT2D eigenvalue weighted by Crippen LogP contribution is 2.24. The lowest BCUT2D eigenvalue weighted by atomic mass is 9.96. The van der Waals surface area contributed by atoms with Crippen molar-refractivity contribution in [2.45, 2.75) is 38.1 Å². The van der Waals surface area contributed by atoms with E-state index in [2.05, 4.69) is 20.9 Å². The van der Waals surface area contributed by atoms with Gasteiger partial charge in [-0.3, -0.25) is 4.98 Å². The number of thiocarbonyl (C=S) groups is 1. The molecule has 24 heavy (non-hydrogen) atoms. The van der Waals surface area contributed by atoms with E-state index in [0.29, 0.717) is 11.2 Å². The minimum Gasteiger partial charge on any atom is -0.360 e. The Morgan fingerprint density at radius 3 is 2.50 bits per heavy atom. The number of para-hydroxylation sites is 1. The topological polar surface area (TPSA) is 49.0 Å². The van der Waals surface area contributed by atoms with Crippen molar-refractivity contribution in [1.82, 2.24) is 10.3 Å². The number of benzene rings is 1. The smallest absolute Gasteiger partial charge is 0.171 e. The number of aromatic nitrogens is 1. The first-order valence-corrected chi connectivity index (χ1v) is 8.56. The predicted octanol–water partition coefficient (Wildman–Crippen LogP) is 4.87. The van der Waals surface area contributed by atoms with Crippen molar-refractivity contribution in [2.75, 3.05) is 10.6 Å². The van der Waals surface area contributed by atoms with Gasteiger partial charge in [0.1, 0.15) is 0 Å². The minimum absolute atomic E-state index is 0. The summed E-state index contributed by atoms with van der Waals surface area (Å²) in [5, 5.41) is 10.8. The Morgan fingerprint density at radius 2 is 1.75 bits per heavy atom. The van der Waals surface area contributed by atoms with E-state index in [-0.39, 0.29) is 12.4 Å². The summed E-state index contributed by atoms with van der Waals surface area (Å²) in [7, 11) is 0. The first-order chi connectivity index (χ1) is 11.3. The van der Waals surface area contributed by atoms with E-state index < -0.39 is 0 Å². The van der Waals surface area contributed by atoms with Crippen LogP contribution in [0.1, 0.15) is 32.1 Å². The van der Waals surface area contributed by atoms with Crippen molar-refractivity contribution in [2.24, 2.45) is 0 Å². The maximum absolute atomic E-state index is 5.46. The average molecular weight is 363 g/mol. The molecule has 0 amide bonds. The van der Waals surface area contributed by atoms with Gasteiger partial charge >= 0.3 is 0 Å². The van der Waals surface area contributed by atoms with Gasteiger partial charge in [-0.2, -0.15) is 0 Å². The molecule has 0 aliphatic heterocycles. The fourth-order valence-electron chi connectivity index (χ4n) is 2.87. The number of rotatable bonds is 4. The van der Waals surface area contributed by atoms with Crippen LogP contribution in [0.2, 0.25) is 0 Å². The third-order valence-electron chi connectivity index (χ3n) is 4.06. The van der Waals surface area contributed by atoms with E-state index in [4.69, 9.17) is 12.2 Å². The average Bonchev–Trinajstić information content (AvgIpc) is 2.58. The Bertz CT molecular complexity index is 644. The maximum atomic E-state index is 5.46. The molecule has 0 saturated heterocycles. The molecule has 3 rings (SSSR count). The number of hydrogen-bond acceptors (Lipinski definition) is 3. The normalized spacial score (nSPS) is 14.3. The molecule has 1 fully saturated rings. The Balaban J connectivity index is 0.00000208. The number of halogens is 1. The summed E-state index contributed by atoms with van der Waals surface area (Å²) in [6.07, 6.45) is 9.87. The van der Waals surface area contributed by atoms with E-state index in [9.17, 15) is 0 Å². The molecule has 0 bridgehead atoms. The molecule has 0 unspecified atom stereocenters. The lowest BCUT2D eigenvalue weighted by molar-refractivity contribution is 0.415. The second-order valence-corrected chi connectivity index (χ2v) is 6.25. The number of nitrogens with zero attached hydrogens (tertiary/aromatic N) is 1. The molecule has 0 spiro atoms. The number of hydrogen-bond donors (Lipinski definition) is 3. The summed E-state index contributed by atoms with van der Waals surface area (Å²) >= 11 is 5.46. The molecule has 1 aliphatic carbocycles. The molecule has 1 aromatic heterocycles. The van der Waals surface area contributed by atoms with Gasteiger partial charge in [-0.1, -0.05) is 37.5 Å². The van der Waals surface area contributed by atoms with E-state index in [1.807, 2.05) is 36.4 Å². The van der Waals surface area contributed by atoms with Gasteiger partial charge in [-0.25, -0.2) is 0 Å². The van der Waals surface area contributed by atoms with Crippen LogP contribution in [0.5, 0.6) is 0 Å². The van der Waals surface area contributed by atoms with Crippen LogP contribution in [-0.4, -0.2) is 16.1 Å². The van der Waals surface area contributed by atoms with Gasteiger partial charge in [0, 0.05) is 17.9 Å². The van der Waals surface area contributed by atoms with Crippen LogP contribution >= 0.6 is 24.6 Å². The molecule has 4 nitrogen and oxygen atoms in total. The predicted molar refractivity (Wildman–Crippen MR) is 107 cm³/mol. The van der Waals surface area contributed by atoms with Crippen molar-refractivity contribution in [1.29, 1.82) is 0 Å². The molecule has 3 N–H and O–H groups in total. The van der Waals surface area contributed by atoms with E-state index >= 15 is 0 Å². The molecule has 6 heteroatoms. The second kappa shape index (κ2) is 9.45. The van der Waals surface area contributed by atoms with Gasteiger partial charge in [-0.05, 0) is 43.3 Å². The van der Waals surface area contributed by atoms with Crippen LogP contribution in [0, 0.1) is 0 Å². The fourth-order valence-corrected chi connectivity index (χ4v) is 3.15. The molecular weight excluding hydrogens is 340 g/mol. The molecule has 128 valence electrons. The molecule has 2 aromatic rings. The van der Waals surface area contributed by atoms with Crippen molar-refractivity contribution in [3.63, 3.8) is 0 Å². The third kappa shape index (κ3) is 5.35. The molecule has 1 saturated carbocycles. The zero-order valence-corrected chi connectivity index (χ0v) is 15.1. The van der Waals surface area contributed by atoms with Gasteiger partial charge in [0.15, 0.2) is 5.11 Å². The zero-order valence-electron chi connectivity index (χ0n) is 13.5. The first-order valence-electron chi connectivity index (χ1n) is 8.15. The second-order valence-electron chi connectivity index (χ2n) is 5.85. The van der Waals surface area contributed by atoms with Gasteiger partial charge in [0.25, 0.3) is 0 Å². The molecule has 0 radical (unpaired) electrons. The highest BCUT2D eigenvalue weighted by molar-refractivity contribution is 7.80. The lowest BCUT2D eigenvalue weighted by Gasteiger charge is -2.24. The SMILES string of the molecule is Cl.S=C(Nc1cnccc1Nc1ccccc1)NC1CCCCC1. The van der Waals surface area contributed by atoms with Gasteiger partial charge in [0.2, 0.25) is 0 Å². The first kappa shape index (κ1) is 18.5. The zero-order chi connectivity index (χ0) is 15.9. The van der Waals surface area contributed by atoms with E-state index in [0.717, 1.165) is 17.1 Å². The standard InChI is InChI=1S/C18H22N4S.ClH/c23-18(21-15-9-5-2-6-10-15)22-17-13-19-12-11-16(17)20-14-7-3-1-4-8-14;/h1,3-4,7-8,11-13,15H,2,5-6,9-10H2,(H,19,20)(H2,21,22,23);1H. The van der Waals surface area contributed by atoms with Crippen molar-refractivity contribution in [3.05, 3.63) is 48.8 Å². The van der Waals surface area contributed by atoms with Gasteiger partial charge < -0.3 is 16.0 Å². The van der Waals surface area contributed by atoms with Crippen LogP contribution < -0.4 is 16.0 Å². The number of pyridine rings is 1. The summed E-state index contributed by atoms with van der Waals surface area (Å²) in [5.41, 5.74) is 2.87. The van der Waals surface area contributed by atoms with Crippen LogP contribution in [0.25, 0.3) is 0 Å². The Kier molecular flexibility index (Phi) is 7.28. The van der Waals surface area contributed by atoms with E-state index in [1.54, 1.807) is 12.4 Å². The summed E-state index contributed by atoms with van der Waals surface area (Å²) < 4.78 is 0. The van der Waals surface area contributed by atoms with Crippen LogP contribution in [0.15, 0.2) is 48.8 Å². The lowest BCUT2D eigenvalue weighted by Crippen LogP contribution is -2.38. The summed E-state index contributed by atoms with van der Waals surface area (Å²) in [4.78, 5) is 4.20. The molecule has 1 aromatic carbocycles. The molecule has 0 atom stereocenters. The maximum Gasteiger partial charge on any atom is 0.171 e. The van der Waals surface area contributed by atoms with Gasteiger partial charge in [-0.15, -0.1) is 12.4 Å². The fraction of sp³-hybridized carbons (Fsp3) is 0.333. The van der Waals surface area contributed by atoms with Crippen molar-refractivity contribution < 1.29 is 0 Å². The quantitative estimate of drug-likeness (QED) is 0.677. The van der Waals surface area contributed by atoms with Crippen LogP contribution in [0.3, 0.4) is 0 Å². The highest BCUT2D eigenvalue weighted by atomic mass is 35.5. The molecule has 1 aliphatic rings. The number of nitrogens with one attached hydrogen (secondary N) is 3. The largest absolute Gasteiger partial charge is 0.360 e. The minimum atomic E-state index is 0. The molecular formula is C18H23ClN4S. The van der Waals surface area contributed by atoms with E-state index in [1.165, 1.54) is 32.1 Å². The summed E-state index contributed by atoms with van der Waals surface area (Å²) in [6.45, 7) is 0. The van der Waals surface area contributed by atoms with Gasteiger partial charge in [0.05, 0.1) is 17.6 Å². The third-order valence-corrected chi connectivity index (χ3v) is 4.28. The Hall–Kier alpha value is -1.85. The summed E-state index contributed by atoms with van der Waals surface area (Å²) in [5.74, 6) is 0. The monoisotopic (exact) mass is 362 g/mol. The Labute approximate surface area is 154 Å².